The van der Waals surface area contributed by atoms with E-state index >= 15 is 0 Å². The standard InChI is InChI=1S/C17H21N3O2/c1-19(11-12-20-10-4-9-18-20)17(22)15-8-7-13-5-2-3-6-14(13)16(15)21/h4,7-10,21H,2-3,5-6,11-12H2,1H3. The Kier molecular flexibility index (Phi) is 4.13. The Morgan fingerprint density at radius 2 is 2.18 bits per heavy atom. The molecule has 1 N–H and O–H groups in total. The molecule has 0 saturated heterocycles. The zero-order valence-electron chi connectivity index (χ0n) is 12.8. The predicted molar refractivity (Wildman–Crippen MR) is 83.9 cm³/mol. The molecule has 22 heavy (non-hydrogen) atoms. The molecule has 1 aromatic heterocycles. The highest BCUT2D eigenvalue weighted by atomic mass is 16.3. The number of aryl methyl sites for hydroxylation is 1. The highest BCUT2D eigenvalue weighted by Gasteiger charge is 2.21. The second-order valence-corrected chi connectivity index (χ2v) is 5.80. The van der Waals surface area contributed by atoms with Crippen molar-refractivity contribution < 1.29 is 9.90 Å². The zero-order chi connectivity index (χ0) is 15.5. The van der Waals surface area contributed by atoms with E-state index in [1.54, 1.807) is 28.9 Å². The van der Waals surface area contributed by atoms with Crippen molar-refractivity contribution in [1.29, 1.82) is 0 Å². The molecule has 116 valence electrons. The van der Waals surface area contributed by atoms with Crippen LogP contribution in [0.5, 0.6) is 5.75 Å². The lowest BCUT2D eigenvalue weighted by molar-refractivity contribution is 0.0785. The van der Waals surface area contributed by atoms with Crippen LogP contribution in [0.15, 0.2) is 30.6 Å². The molecule has 1 heterocycles. The lowest BCUT2D eigenvalue weighted by Gasteiger charge is -2.22. The Morgan fingerprint density at radius 3 is 2.95 bits per heavy atom. The molecule has 0 bridgehead atoms. The van der Waals surface area contributed by atoms with Crippen LogP contribution >= 0.6 is 0 Å². The molecule has 1 amide bonds. The first kappa shape index (κ1) is 14.6. The van der Waals surface area contributed by atoms with Crippen LogP contribution in [0.1, 0.15) is 34.3 Å². The molecule has 0 saturated carbocycles. The van der Waals surface area contributed by atoms with Gasteiger partial charge in [-0.2, -0.15) is 5.10 Å². The maximum Gasteiger partial charge on any atom is 0.257 e. The summed E-state index contributed by atoms with van der Waals surface area (Å²) >= 11 is 0. The van der Waals surface area contributed by atoms with Crippen LogP contribution in [0.3, 0.4) is 0 Å². The molecule has 5 heteroatoms. The molecule has 0 spiro atoms. The summed E-state index contributed by atoms with van der Waals surface area (Å²) in [6, 6.07) is 5.60. The summed E-state index contributed by atoms with van der Waals surface area (Å²) in [6.45, 7) is 1.19. The number of carbonyl (C=O) groups excluding carboxylic acids is 1. The van der Waals surface area contributed by atoms with E-state index in [4.69, 9.17) is 0 Å². The molecule has 3 rings (SSSR count). The summed E-state index contributed by atoms with van der Waals surface area (Å²) in [5, 5.41) is 14.6. The number of aromatic hydroxyl groups is 1. The first-order valence-corrected chi connectivity index (χ1v) is 7.73. The summed E-state index contributed by atoms with van der Waals surface area (Å²) < 4.78 is 1.79. The van der Waals surface area contributed by atoms with Gasteiger partial charge in [0, 0.05) is 26.0 Å². The zero-order valence-corrected chi connectivity index (χ0v) is 12.8. The number of aromatic nitrogens is 2. The number of nitrogens with zero attached hydrogens (tertiary/aromatic N) is 3. The average Bonchev–Trinajstić information content (AvgIpc) is 3.06. The van der Waals surface area contributed by atoms with Gasteiger partial charge < -0.3 is 10.0 Å². The van der Waals surface area contributed by atoms with Crippen LogP contribution in [-0.2, 0) is 19.4 Å². The molecular weight excluding hydrogens is 278 g/mol. The minimum absolute atomic E-state index is 0.141. The Labute approximate surface area is 130 Å². The van der Waals surface area contributed by atoms with Gasteiger partial charge in [-0.15, -0.1) is 0 Å². The van der Waals surface area contributed by atoms with Crippen molar-refractivity contribution in [3.63, 3.8) is 0 Å². The number of phenols is 1. The minimum atomic E-state index is -0.141. The van der Waals surface area contributed by atoms with Gasteiger partial charge in [0.1, 0.15) is 5.75 Å². The van der Waals surface area contributed by atoms with E-state index in [-0.39, 0.29) is 11.7 Å². The Morgan fingerprint density at radius 1 is 1.36 bits per heavy atom. The normalized spacial score (nSPS) is 13.7. The van der Waals surface area contributed by atoms with Gasteiger partial charge in [0.05, 0.1) is 12.1 Å². The monoisotopic (exact) mass is 299 g/mol. The van der Waals surface area contributed by atoms with Crippen LogP contribution in [0.25, 0.3) is 0 Å². The molecule has 1 aromatic carbocycles. The fourth-order valence-corrected chi connectivity index (χ4v) is 2.97. The third-order valence-electron chi connectivity index (χ3n) is 4.30. The lowest BCUT2D eigenvalue weighted by atomic mass is 9.89. The van der Waals surface area contributed by atoms with Gasteiger partial charge in [-0.1, -0.05) is 6.07 Å². The average molecular weight is 299 g/mol. The van der Waals surface area contributed by atoms with Crippen molar-refractivity contribution in [3.8, 4) is 5.75 Å². The smallest absolute Gasteiger partial charge is 0.257 e. The van der Waals surface area contributed by atoms with Crippen LogP contribution in [0.4, 0.5) is 0 Å². The second-order valence-electron chi connectivity index (χ2n) is 5.80. The van der Waals surface area contributed by atoms with E-state index < -0.39 is 0 Å². The summed E-state index contributed by atoms with van der Waals surface area (Å²) in [5.41, 5.74) is 2.54. The molecule has 0 unspecified atom stereocenters. The van der Waals surface area contributed by atoms with E-state index in [1.807, 2.05) is 18.3 Å². The Bertz CT molecular complexity index is 665. The fraction of sp³-hybridized carbons (Fsp3) is 0.412. The van der Waals surface area contributed by atoms with Crippen LogP contribution in [0.2, 0.25) is 0 Å². The first-order valence-electron chi connectivity index (χ1n) is 7.73. The topological polar surface area (TPSA) is 58.4 Å². The number of likely N-dealkylation sites (N-methyl/N-ethyl adjacent to an activating group) is 1. The van der Waals surface area contributed by atoms with E-state index in [2.05, 4.69) is 5.10 Å². The number of phenolic OH excluding ortho intramolecular Hbond substituents is 1. The van der Waals surface area contributed by atoms with Crippen molar-refractivity contribution in [3.05, 3.63) is 47.3 Å². The van der Waals surface area contributed by atoms with Crippen molar-refractivity contribution in [2.45, 2.75) is 32.2 Å². The Hall–Kier alpha value is -2.30. The van der Waals surface area contributed by atoms with Gasteiger partial charge in [0.15, 0.2) is 0 Å². The molecule has 0 fully saturated rings. The van der Waals surface area contributed by atoms with E-state index in [0.717, 1.165) is 31.2 Å². The van der Waals surface area contributed by atoms with Gasteiger partial charge in [0.2, 0.25) is 0 Å². The fourth-order valence-electron chi connectivity index (χ4n) is 2.97. The second kappa shape index (κ2) is 6.22. The summed E-state index contributed by atoms with van der Waals surface area (Å²) in [7, 11) is 1.75. The maximum absolute atomic E-state index is 12.5. The third-order valence-corrected chi connectivity index (χ3v) is 4.30. The van der Waals surface area contributed by atoms with Crippen molar-refractivity contribution >= 4 is 5.91 Å². The van der Waals surface area contributed by atoms with Gasteiger partial charge in [-0.25, -0.2) is 0 Å². The minimum Gasteiger partial charge on any atom is -0.507 e. The number of carbonyl (C=O) groups is 1. The Balaban J connectivity index is 1.74. The summed E-state index contributed by atoms with van der Waals surface area (Å²) in [6.07, 6.45) is 7.68. The number of amides is 1. The van der Waals surface area contributed by atoms with Gasteiger partial charge >= 0.3 is 0 Å². The molecular formula is C17H21N3O2. The molecule has 0 aliphatic heterocycles. The number of rotatable bonds is 4. The molecule has 1 aliphatic rings. The van der Waals surface area contributed by atoms with E-state index in [1.165, 1.54) is 5.56 Å². The van der Waals surface area contributed by atoms with Crippen LogP contribution in [-0.4, -0.2) is 39.3 Å². The summed E-state index contributed by atoms with van der Waals surface area (Å²) in [5.74, 6) is 0.0335. The predicted octanol–water partition coefficient (Wildman–Crippen LogP) is 2.24. The van der Waals surface area contributed by atoms with Crippen LogP contribution in [0, 0.1) is 0 Å². The van der Waals surface area contributed by atoms with Gasteiger partial charge in [0.25, 0.3) is 5.91 Å². The van der Waals surface area contributed by atoms with Crippen LogP contribution < -0.4 is 0 Å². The number of benzene rings is 1. The molecule has 5 nitrogen and oxygen atoms in total. The van der Waals surface area contributed by atoms with Gasteiger partial charge in [-0.3, -0.25) is 9.48 Å². The van der Waals surface area contributed by atoms with E-state index in [0.29, 0.717) is 18.7 Å². The number of hydrogen-bond donors (Lipinski definition) is 1. The molecule has 0 radical (unpaired) electrons. The van der Waals surface area contributed by atoms with Crippen molar-refractivity contribution in [2.24, 2.45) is 0 Å². The maximum atomic E-state index is 12.5. The summed E-state index contributed by atoms with van der Waals surface area (Å²) in [4.78, 5) is 14.2. The number of fused-ring (bicyclic) bond motifs is 1. The molecule has 2 aromatic rings. The van der Waals surface area contributed by atoms with E-state index in [9.17, 15) is 9.90 Å². The highest BCUT2D eigenvalue weighted by molar-refractivity contribution is 5.97. The highest BCUT2D eigenvalue weighted by Crippen LogP contribution is 2.32. The molecule has 1 aliphatic carbocycles. The van der Waals surface area contributed by atoms with Gasteiger partial charge in [-0.05, 0) is 48.9 Å². The van der Waals surface area contributed by atoms with Crippen molar-refractivity contribution in [1.82, 2.24) is 14.7 Å². The lowest BCUT2D eigenvalue weighted by Crippen LogP contribution is -2.30. The van der Waals surface area contributed by atoms with Crippen molar-refractivity contribution in [2.75, 3.05) is 13.6 Å². The number of hydrogen-bond acceptors (Lipinski definition) is 3. The molecule has 0 atom stereocenters. The first-order chi connectivity index (χ1) is 10.7. The SMILES string of the molecule is CN(CCn1cccn1)C(=O)c1ccc2c(c1O)CCCC2. The quantitative estimate of drug-likeness (QED) is 0.942. The third kappa shape index (κ3) is 2.84. The largest absolute Gasteiger partial charge is 0.507 e.